The summed E-state index contributed by atoms with van der Waals surface area (Å²) in [5, 5.41) is 7.92. The first-order valence-corrected chi connectivity index (χ1v) is 7.35. The van der Waals surface area contributed by atoms with Gasteiger partial charge in [-0.1, -0.05) is 53.5 Å². The molecule has 0 heterocycles. The van der Waals surface area contributed by atoms with Gasteiger partial charge in [-0.3, -0.25) is 0 Å². The van der Waals surface area contributed by atoms with Crippen molar-refractivity contribution in [3.63, 3.8) is 0 Å². The van der Waals surface area contributed by atoms with Gasteiger partial charge in [0.05, 0.1) is 10.7 Å². The fourth-order valence-corrected chi connectivity index (χ4v) is 2.27. The maximum Gasteiger partial charge on any atom is 0.170 e. The van der Waals surface area contributed by atoms with Crippen LogP contribution >= 0.6 is 35.4 Å². The summed E-state index contributed by atoms with van der Waals surface area (Å²) in [4.78, 5) is 0. The molecule has 2 aromatic rings. The zero-order valence-electron chi connectivity index (χ0n) is 10.7. The van der Waals surface area contributed by atoms with Crippen LogP contribution in [0.15, 0.2) is 48.5 Å². The highest BCUT2D eigenvalue weighted by Gasteiger charge is 2.03. The number of hydrogen-bond acceptors (Lipinski definition) is 1. The third kappa shape index (κ3) is 4.67. The average molecular weight is 325 g/mol. The van der Waals surface area contributed by atoms with E-state index in [1.54, 1.807) is 18.2 Å². The molecule has 0 bridgehead atoms. The quantitative estimate of drug-likeness (QED) is 0.808. The van der Waals surface area contributed by atoms with E-state index in [1.165, 1.54) is 5.56 Å². The van der Waals surface area contributed by atoms with Crippen molar-refractivity contribution in [2.45, 2.75) is 6.42 Å². The molecule has 0 aliphatic carbocycles. The van der Waals surface area contributed by atoms with Gasteiger partial charge in [-0.25, -0.2) is 0 Å². The van der Waals surface area contributed by atoms with Gasteiger partial charge in [0.2, 0.25) is 0 Å². The lowest BCUT2D eigenvalue weighted by Gasteiger charge is -2.12. The van der Waals surface area contributed by atoms with E-state index in [1.807, 2.05) is 18.2 Å². The van der Waals surface area contributed by atoms with Gasteiger partial charge in [0.25, 0.3) is 0 Å². The molecule has 0 aromatic heterocycles. The molecule has 0 atom stereocenters. The number of hydrogen-bond donors (Lipinski definition) is 2. The van der Waals surface area contributed by atoms with Gasteiger partial charge in [0.15, 0.2) is 5.11 Å². The molecule has 20 heavy (non-hydrogen) atoms. The molecule has 0 spiro atoms. The highest BCUT2D eigenvalue weighted by atomic mass is 35.5. The van der Waals surface area contributed by atoms with Crippen molar-refractivity contribution < 1.29 is 0 Å². The van der Waals surface area contributed by atoms with Crippen LogP contribution in [0, 0.1) is 0 Å². The standard InChI is InChI=1S/C15H14Cl2N2S/c16-12-6-7-13(17)14(10-12)19-15(20)18-9-8-11-4-2-1-3-5-11/h1-7,10H,8-9H2,(H2,18,19,20). The number of anilines is 1. The van der Waals surface area contributed by atoms with Crippen molar-refractivity contribution in [1.29, 1.82) is 0 Å². The van der Waals surface area contributed by atoms with Crippen molar-refractivity contribution in [3.8, 4) is 0 Å². The SMILES string of the molecule is S=C(NCCc1ccccc1)Nc1cc(Cl)ccc1Cl. The second-order valence-corrected chi connectivity index (χ2v) is 5.49. The predicted octanol–water partition coefficient (Wildman–Crippen LogP) is 4.52. The van der Waals surface area contributed by atoms with E-state index in [-0.39, 0.29) is 0 Å². The third-order valence-corrected chi connectivity index (χ3v) is 3.53. The minimum absolute atomic E-state index is 0.532. The maximum absolute atomic E-state index is 6.06. The van der Waals surface area contributed by atoms with Crippen LogP contribution < -0.4 is 10.6 Å². The first-order chi connectivity index (χ1) is 9.65. The lowest BCUT2D eigenvalue weighted by Crippen LogP contribution is -2.30. The normalized spacial score (nSPS) is 10.1. The molecule has 104 valence electrons. The summed E-state index contributed by atoms with van der Waals surface area (Å²) in [6.07, 6.45) is 0.909. The Hall–Kier alpha value is -1.29. The smallest absolute Gasteiger partial charge is 0.170 e. The van der Waals surface area contributed by atoms with Crippen molar-refractivity contribution in [3.05, 3.63) is 64.1 Å². The fourth-order valence-electron chi connectivity index (χ4n) is 1.72. The number of halogens is 2. The van der Waals surface area contributed by atoms with E-state index < -0.39 is 0 Å². The molecule has 0 saturated heterocycles. The van der Waals surface area contributed by atoms with Crippen LogP contribution in [-0.4, -0.2) is 11.7 Å². The van der Waals surface area contributed by atoms with Crippen LogP contribution in [0.1, 0.15) is 5.56 Å². The van der Waals surface area contributed by atoms with E-state index in [9.17, 15) is 0 Å². The molecular weight excluding hydrogens is 311 g/mol. The number of thiocarbonyl (C=S) groups is 1. The van der Waals surface area contributed by atoms with Gasteiger partial charge in [-0.05, 0) is 42.4 Å². The molecule has 2 N–H and O–H groups in total. The minimum Gasteiger partial charge on any atom is -0.362 e. The van der Waals surface area contributed by atoms with Crippen molar-refractivity contribution >= 4 is 46.2 Å². The molecule has 0 radical (unpaired) electrons. The largest absolute Gasteiger partial charge is 0.362 e. The van der Waals surface area contributed by atoms with Gasteiger partial charge in [-0.2, -0.15) is 0 Å². The Bertz CT molecular complexity index is 588. The van der Waals surface area contributed by atoms with Crippen molar-refractivity contribution in [2.75, 3.05) is 11.9 Å². The van der Waals surface area contributed by atoms with Crippen LogP contribution in [0.2, 0.25) is 10.0 Å². The monoisotopic (exact) mass is 324 g/mol. The lowest BCUT2D eigenvalue weighted by atomic mass is 10.1. The Morgan fingerprint density at radius 1 is 1.05 bits per heavy atom. The van der Waals surface area contributed by atoms with Gasteiger partial charge in [-0.15, -0.1) is 0 Å². The molecule has 2 rings (SSSR count). The number of nitrogens with one attached hydrogen (secondary N) is 2. The topological polar surface area (TPSA) is 24.1 Å². The van der Waals surface area contributed by atoms with Crippen LogP contribution in [0.5, 0.6) is 0 Å². The van der Waals surface area contributed by atoms with Crippen molar-refractivity contribution in [1.82, 2.24) is 5.32 Å². The second kappa shape index (κ2) is 7.48. The fraction of sp³-hybridized carbons (Fsp3) is 0.133. The van der Waals surface area contributed by atoms with Gasteiger partial charge >= 0.3 is 0 Å². The summed E-state index contributed by atoms with van der Waals surface area (Å²) < 4.78 is 0. The van der Waals surface area contributed by atoms with Gasteiger partial charge in [0, 0.05) is 11.6 Å². The van der Waals surface area contributed by atoms with E-state index >= 15 is 0 Å². The number of benzene rings is 2. The molecule has 0 amide bonds. The Kier molecular flexibility index (Phi) is 5.65. The molecular formula is C15H14Cl2N2S. The first kappa shape index (κ1) is 15.1. The molecule has 0 fully saturated rings. The first-order valence-electron chi connectivity index (χ1n) is 6.19. The summed E-state index contributed by atoms with van der Waals surface area (Å²) >= 11 is 17.2. The predicted molar refractivity (Wildman–Crippen MR) is 90.8 cm³/mol. The summed E-state index contributed by atoms with van der Waals surface area (Å²) in [7, 11) is 0. The van der Waals surface area contributed by atoms with E-state index in [2.05, 4.69) is 22.8 Å². The average Bonchev–Trinajstić information content (AvgIpc) is 2.44. The summed E-state index contributed by atoms with van der Waals surface area (Å²) in [6.45, 7) is 0.758. The third-order valence-electron chi connectivity index (χ3n) is 2.72. The molecule has 0 aliphatic heterocycles. The zero-order chi connectivity index (χ0) is 14.4. The molecule has 2 aromatic carbocycles. The van der Waals surface area contributed by atoms with E-state index in [4.69, 9.17) is 35.4 Å². The highest BCUT2D eigenvalue weighted by molar-refractivity contribution is 7.80. The van der Waals surface area contributed by atoms with Gasteiger partial charge in [0.1, 0.15) is 0 Å². The van der Waals surface area contributed by atoms with Crippen LogP contribution in [0.25, 0.3) is 0 Å². The molecule has 5 heteroatoms. The highest BCUT2D eigenvalue weighted by Crippen LogP contribution is 2.25. The zero-order valence-corrected chi connectivity index (χ0v) is 13.0. The van der Waals surface area contributed by atoms with Crippen molar-refractivity contribution in [2.24, 2.45) is 0 Å². The van der Waals surface area contributed by atoms with E-state index in [0.717, 1.165) is 13.0 Å². The molecule has 0 saturated carbocycles. The maximum atomic E-state index is 6.06. The summed E-state index contributed by atoms with van der Waals surface area (Å²) in [5.41, 5.74) is 1.97. The van der Waals surface area contributed by atoms with Crippen LogP contribution in [-0.2, 0) is 6.42 Å². The Labute approximate surface area is 134 Å². The number of rotatable bonds is 4. The Balaban J connectivity index is 1.82. The summed E-state index contributed by atoms with van der Waals surface area (Å²) in [5.74, 6) is 0. The molecule has 0 unspecified atom stereocenters. The summed E-state index contributed by atoms with van der Waals surface area (Å²) in [6, 6.07) is 15.5. The molecule has 0 aliphatic rings. The van der Waals surface area contributed by atoms with Crippen LogP contribution in [0.3, 0.4) is 0 Å². The second-order valence-electron chi connectivity index (χ2n) is 4.24. The Morgan fingerprint density at radius 3 is 2.55 bits per heavy atom. The van der Waals surface area contributed by atoms with E-state index in [0.29, 0.717) is 20.8 Å². The minimum atomic E-state index is 0.532. The molecule has 2 nitrogen and oxygen atoms in total. The Morgan fingerprint density at radius 2 is 1.80 bits per heavy atom. The van der Waals surface area contributed by atoms with Crippen LogP contribution in [0.4, 0.5) is 5.69 Å². The lowest BCUT2D eigenvalue weighted by molar-refractivity contribution is 0.873. The van der Waals surface area contributed by atoms with Gasteiger partial charge < -0.3 is 10.6 Å².